The Kier molecular flexibility index (Phi) is 6.87. The fourth-order valence-corrected chi connectivity index (χ4v) is 5.64. The summed E-state index contributed by atoms with van der Waals surface area (Å²) in [5, 5.41) is 0. The van der Waals surface area contributed by atoms with Crippen molar-refractivity contribution in [2.45, 2.75) is 38.1 Å². The number of para-hydroxylation sites is 1. The third kappa shape index (κ3) is 5.13. The van der Waals surface area contributed by atoms with E-state index in [0.717, 1.165) is 64.1 Å². The molecule has 4 heterocycles. The Morgan fingerprint density at radius 1 is 1.03 bits per heavy atom. The maximum absolute atomic E-state index is 5.92. The Hall–Kier alpha value is -1.89. The molecule has 1 aromatic heterocycles. The predicted octanol–water partition coefficient (Wildman–Crippen LogP) is 3.53. The lowest BCUT2D eigenvalue weighted by Gasteiger charge is -2.44. The van der Waals surface area contributed by atoms with E-state index < -0.39 is 0 Å². The lowest BCUT2D eigenvalue weighted by Crippen LogP contribution is -2.46. The van der Waals surface area contributed by atoms with E-state index in [-0.39, 0.29) is 0 Å². The van der Waals surface area contributed by atoms with E-state index in [2.05, 4.69) is 14.8 Å². The van der Waals surface area contributed by atoms with Crippen LogP contribution >= 0.6 is 0 Å². The van der Waals surface area contributed by atoms with Crippen LogP contribution in [-0.4, -0.2) is 72.3 Å². The molecule has 1 atom stereocenters. The number of likely N-dealkylation sites (tertiary alicyclic amines) is 1. The second-order valence-corrected chi connectivity index (χ2v) is 9.35. The zero-order chi connectivity index (χ0) is 20.9. The summed E-state index contributed by atoms with van der Waals surface area (Å²) in [6, 6.07) is 10.6. The van der Waals surface area contributed by atoms with Crippen LogP contribution in [0.1, 0.15) is 43.1 Å². The van der Waals surface area contributed by atoms with E-state index in [9.17, 15) is 0 Å². The first-order valence-corrected chi connectivity index (χ1v) is 12.1. The molecule has 0 aliphatic carbocycles. The van der Waals surface area contributed by atoms with Gasteiger partial charge in [0.15, 0.2) is 0 Å². The maximum Gasteiger partial charge on any atom is 0.119 e. The standard InChI is InChI=1S/C25H36N4O2/c1-2-4-22(5-3-1)31-17-14-28-11-6-21(7-12-28)25-24-23(26-19-27-24)8-13-29(25)18-20-9-15-30-16-10-20/h1-5,19-21,25H,6-18H2,(H,26,27). The molecule has 5 rings (SSSR count). The first-order chi connectivity index (χ1) is 15.4. The number of nitrogens with zero attached hydrogens (tertiary/aromatic N) is 3. The Bertz CT molecular complexity index is 797. The van der Waals surface area contributed by atoms with Gasteiger partial charge in [-0.15, -0.1) is 0 Å². The SMILES string of the molecule is c1ccc(OCCN2CCC(C3c4nc[nH]c4CCN3CC3CCOCC3)CC2)cc1. The van der Waals surface area contributed by atoms with Gasteiger partial charge >= 0.3 is 0 Å². The molecule has 31 heavy (non-hydrogen) atoms. The first kappa shape index (κ1) is 21.0. The van der Waals surface area contributed by atoms with Crippen LogP contribution in [0, 0.1) is 11.8 Å². The van der Waals surface area contributed by atoms with Gasteiger partial charge < -0.3 is 14.5 Å². The largest absolute Gasteiger partial charge is 0.492 e. The molecule has 1 N–H and O–H groups in total. The molecule has 0 amide bonds. The summed E-state index contributed by atoms with van der Waals surface area (Å²) in [5.74, 6) is 2.43. The lowest BCUT2D eigenvalue weighted by atomic mass is 9.83. The molecule has 0 spiro atoms. The molecular formula is C25H36N4O2. The number of piperidine rings is 1. The summed E-state index contributed by atoms with van der Waals surface area (Å²) in [4.78, 5) is 13.5. The van der Waals surface area contributed by atoms with Gasteiger partial charge in [-0.1, -0.05) is 18.2 Å². The third-order valence-electron chi connectivity index (χ3n) is 7.41. The molecular weight excluding hydrogens is 388 g/mol. The van der Waals surface area contributed by atoms with Gasteiger partial charge in [-0.25, -0.2) is 4.98 Å². The van der Waals surface area contributed by atoms with Gasteiger partial charge in [0.05, 0.1) is 18.1 Å². The summed E-state index contributed by atoms with van der Waals surface area (Å²) in [6.45, 7) is 8.30. The number of fused-ring (bicyclic) bond motifs is 1. The van der Waals surface area contributed by atoms with Crippen molar-refractivity contribution in [3.63, 3.8) is 0 Å². The molecule has 1 unspecified atom stereocenters. The highest BCUT2D eigenvalue weighted by atomic mass is 16.5. The summed E-state index contributed by atoms with van der Waals surface area (Å²) < 4.78 is 11.5. The van der Waals surface area contributed by atoms with Crippen LogP contribution < -0.4 is 4.74 Å². The Morgan fingerprint density at radius 2 is 1.84 bits per heavy atom. The fourth-order valence-electron chi connectivity index (χ4n) is 5.64. The van der Waals surface area contributed by atoms with E-state index in [4.69, 9.17) is 14.5 Å². The average molecular weight is 425 g/mol. The number of ether oxygens (including phenoxy) is 2. The van der Waals surface area contributed by atoms with Crippen molar-refractivity contribution in [1.82, 2.24) is 19.8 Å². The highest BCUT2D eigenvalue weighted by Gasteiger charge is 2.38. The lowest BCUT2D eigenvalue weighted by molar-refractivity contribution is 0.0237. The van der Waals surface area contributed by atoms with Crippen LogP contribution in [0.15, 0.2) is 36.7 Å². The summed E-state index contributed by atoms with van der Waals surface area (Å²) in [7, 11) is 0. The van der Waals surface area contributed by atoms with Crippen molar-refractivity contribution >= 4 is 0 Å². The minimum Gasteiger partial charge on any atom is -0.492 e. The van der Waals surface area contributed by atoms with Crippen molar-refractivity contribution in [2.75, 3.05) is 52.5 Å². The molecule has 168 valence electrons. The minimum atomic E-state index is 0.473. The van der Waals surface area contributed by atoms with Gasteiger partial charge in [0, 0.05) is 45.0 Å². The fraction of sp³-hybridized carbons (Fsp3) is 0.640. The zero-order valence-corrected chi connectivity index (χ0v) is 18.5. The van der Waals surface area contributed by atoms with Gasteiger partial charge in [-0.05, 0) is 62.7 Å². The molecule has 3 aliphatic rings. The van der Waals surface area contributed by atoms with Gasteiger partial charge in [0.25, 0.3) is 0 Å². The third-order valence-corrected chi connectivity index (χ3v) is 7.41. The number of rotatable bonds is 7. The number of hydrogen-bond acceptors (Lipinski definition) is 5. The van der Waals surface area contributed by atoms with Crippen LogP contribution in [0.25, 0.3) is 0 Å². The molecule has 1 aromatic carbocycles. The smallest absolute Gasteiger partial charge is 0.119 e. The molecule has 6 nitrogen and oxygen atoms in total. The van der Waals surface area contributed by atoms with Crippen LogP contribution in [-0.2, 0) is 11.2 Å². The van der Waals surface area contributed by atoms with Gasteiger partial charge in [0.1, 0.15) is 12.4 Å². The van der Waals surface area contributed by atoms with Crippen LogP contribution in [0.4, 0.5) is 0 Å². The monoisotopic (exact) mass is 424 g/mol. The minimum absolute atomic E-state index is 0.473. The number of hydrogen-bond donors (Lipinski definition) is 1. The second-order valence-electron chi connectivity index (χ2n) is 9.35. The molecule has 3 aliphatic heterocycles. The second kappa shape index (κ2) is 10.2. The Labute approximate surface area is 185 Å². The van der Waals surface area contributed by atoms with Crippen LogP contribution in [0.3, 0.4) is 0 Å². The van der Waals surface area contributed by atoms with Gasteiger partial charge in [0.2, 0.25) is 0 Å². The van der Waals surface area contributed by atoms with E-state index in [1.165, 1.54) is 43.6 Å². The molecule has 0 bridgehead atoms. The number of aromatic amines is 1. The van der Waals surface area contributed by atoms with Crippen molar-refractivity contribution < 1.29 is 9.47 Å². The molecule has 0 saturated carbocycles. The number of H-pyrrole nitrogens is 1. The summed E-state index contributed by atoms with van der Waals surface area (Å²) in [6.07, 6.45) is 7.91. The molecule has 2 aromatic rings. The zero-order valence-electron chi connectivity index (χ0n) is 18.5. The topological polar surface area (TPSA) is 53.6 Å². The molecule has 2 fully saturated rings. The first-order valence-electron chi connectivity index (χ1n) is 12.1. The van der Waals surface area contributed by atoms with Crippen molar-refractivity contribution in [2.24, 2.45) is 11.8 Å². The highest BCUT2D eigenvalue weighted by Crippen LogP contribution is 2.39. The van der Waals surface area contributed by atoms with Crippen LogP contribution in [0.5, 0.6) is 5.75 Å². The maximum atomic E-state index is 5.92. The Balaban J connectivity index is 1.17. The van der Waals surface area contributed by atoms with Gasteiger partial charge in [-0.3, -0.25) is 9.80 Å². The molecule has 2 saturated heterocycles. The summed E-state index contributed by atoms with van der Waals surface area (Å²) >= 11 is 0. The normalized spacial score (nSPS) is 24.2. The number of benzene rings is 1. The molecule has 0 radical (unpaired) electrons. The molecule has 6 heteroatoms. The van der Waals surface area contributed by atoms with Crippen molar-refractivity contribution in [3.05, 3.63) is 48.0 Å². The Morgan fingerprint density at radius 3 is 2.65 bits per heavy atom. The quantitative estimate of drug-likeness (QED) is 0.737. The van der Waals surface area contributed by atoms with Crippen molar-refractivity contribution in [1.29, 1.82) is 0 Å². The predicted molar refractivity (Wildman–Crippen MR) is 121 cm³/mol. The van der Waals surface area contributed by atoms with Crippen LogP contribution in [0.2, 0.25) is 0 Å². The average Bonchev–Trinajstić information content (AvgIpc) is 3.30. The van der Waals surface area contributed by atoms with E-state index in [1.54, 1.807) is 0 Å². The number of imidazole rings is 1. The van der Waals surface area contributed by atoms with E-state index in [0.29, 0.717) is 12.0 Å². The highest BCUT2D eigenvalue weighted by molar-refractivity contribution is 5.22. The van der Waals surface area contributed by atoms with Crippen molar-refractivity contribution in [3.8, 4) is 5.75 Å². The summed E-state index contributed by atoms with van der Waals surface area (Å²) in [5.41, 5.74) is 2.69. The van der Waals surface area contributed by atoms with E-state index in [1.807, 2.05) is 36.7 Å². The number of nitrogens with one attached hydrogen (secondary N) is 1. The number of aromatic nitrogens is 2. The van der Waals surface area contributed by atoms with Gasteiger partial charge in [-0.2, -0.15) is 0 Å². The van der Waals surface area contributed by atoms with E-state index >= 15 is 0 Å².